The maximum absolute atomic E-state index is 4.84. The lowest BCUT2D eigenvalue weighted by molar-refractivity contribution is 0.754. The Balaban J connectivity index is 1.78. The second kappa shape index (κ2) is 5.02. The molecular formula is C17H20N4. The number of anilines is 3. The molecule has 1 saturated carbocycles. The molecule has 0 amide bonds. The molecule has 4 rings (SSSR count). The minimum absolute atomic E-state index is 0.567. The van der Waals surface area contributed by atoms with E-state index in [-0.39, 0.29) is 0 Å². The summed E-state index contributed by atoms with van der Waals surface area (Å²) in [7, 11) is 1.92. The van der Waals surface area contributed by atoms with Crippen molar-refractivity contribution in [3.05, 3.63) is 41.7 Å². The number of benzene rings is 1. The molecule has 0 atom stereocenters. The number of hydrogen-bond acceptors (Lipinski definition) is 4. The smallest absolute Gasteiger partial charge is 0.138 e. The fraction of sp³-hybridized carbons (Fsp3) is 0.412. The monoisotopic (exact) mass is 280 g/mol. The molecule has 4 heteroatoms. The van der Waals surface area contributed by atoms with Crippen molar-refractivity contribution in [2.24, 2.45) is 0 Å². The standard InChI is InChI=1S/C17H20N4/c1-18-15-11-16(20-17(19-15)13-8-9-13)21-10-4-6-12-5-2-3-7-14(12)21/h2-3,5,7,11,13H,4,6,8-10H2,1H3,(H,18,19,20). The van der Waals surface area contributed by atoms with E-state index < -0.39 is 0 Å². The highest BCUT2D eigenvalue weighted by molar-refractivity contribution is 5.67. The van der Waals surface area contributed by atoms with Crippen LogP contribution in [0, 0.1) is 0 Å². The zero-order valence-corrected chi connectivity index (χ0v) is 12.3. The average molecular weight is 280 g/mol. The van der Waals surface area contributed by atoms with Crippen LogP contribution in [0.5, 0.6) is 0 Å². The maximum atomic E-state index is 4.84. The van der Waals surface area contributed by atoms with Gasteiger partial charge in [0.05, 0.1) is 0 Å². The summed E-state index contributed by atoms with van der Waals surface area (Å²) in [6.45, 7) is 1.03. The summed E-state index contributed by atoms with van der Waals surface area (Å²) < 4.78 is 0. The number of hydrogen-bond donors (Lipinski definition) is 1. The first-order valence-corrected chi connectivity index (χ1v) is 7.77. The summed E-state index contributed by atoms with van der Waals surface area (Å²) in [5.41, 5.74) is 2.72. The molecule has 2 aromatic rings. The quantitative estimate of drug-likeness (QED) is 0.934. The van der Waals surface area contributed by atoms with Gasteiger partial charge in [0.2, 0.25) is 0 Å². The van der Waals surface area contributed by atoms with Gasteiger partial charge in [0.15, 0.2) is 0 Å². The van der Waals surface area contributed by atoms with Gasteiger partial charge in [-0.3, -0.25) is 0 Å². The molecule has 2 heterocycles. The minimum Gasteiger partial charge on any atom is -0.373 e. The van der Waals surface area contributed by atoms with Gasteiger partial charge >= 0.3 is 0 Å². The third kappa shape index (κ3) is 2.35. The highest BCUT2D eigenvalue weighted by Gasteiger charge is 2.28. The van der Waals surface area contributed by atoms with Crippen molar-refractivity contribution in [2.75, 3.05) is 23.8 Å². The van der Waals surface area contributed by atoms with Crippen LogP contribution in [0.25, 0.3) is 0 Å². The summed E-state index contributed by atoms with van der Waals surface area (Å²) in [4.78, 5) is 11.8. The van der Waals surface area contributed by atoms with E-state index in [9.17, 15) is 0 Å². The van der Waals surface area contributed by atoms with Crippen LogP contribution in [0.2, 0.25) is 0 Å². The number of aryl methyl sites for hydroxylation is 1. The Kier molecular flexibility index (Phi) is 3.02. The van der Waals surface area contributed by atoms with Gasteiger partial charge in [-0.1, -0.05) is 18.2 Å². The van der Waals surface area contributed by atoms with Gasteiger partial charge in [-0.25, -0.2) is 9.97 Å². The average Bonchev–Trinajstić information content (AvgIpc) is 3.39. The highest BCUT2D eigenvalue weighted by atomic mass is 15.2. The van der Waals surface area contributed by atoms with Crippen molar-refractivity contribution < 1.29 is 0 Å². The first-order chi connectivity index (χ1) is 10.3. The molecule has 108 valence electrons. The Labute approximate surface area is 125 Å². The molecule has 0 spiro atoms. The van der Waals surface area contributed by atoms with E-state index in [1.54, 1.807) is 0 Å². The fourth-order valence-corrected chi connectivity index (χ4v) is 3.01. The molecule has 1 aliphatic carbocycles. The second-order valence-corrected chi connectivity index (χ2v) is 5.88. The van der Waals surface area contributed by atoms with E-state index >= 15 is 0 Å². The van der Waals surface area contributed by atoms with Gasteiger partial charge in [0.25, 0.3) is 0 Å². The number of rotatable bonds is 3. The van der Waals surface area contributed by atoms with Crippen LogP contribution in [0.1, 0.15) is 36.6 Å². The Morgan fingerprint density at radius 3 is 2.86 bits per heavy atom. The molecule has 0 unspecified atom stereocenters. The van der Waals surface area contributed by atoms with Crippen molar-refractivity contribution in [1.29, 1.82) is 0 Å². The number of nitrogens with zero attached hydrogens (tertiary/aromatic N) is 3. The van der Waals surface area contributed by atoms with Crippen LogP contribution < -0.4 is 10.2 Å². The third-order valence-corrected chi connectivity index (χ3v) is 4.32. The molecular weight excluding hydrogens is 260 g/mol. The lowest BCUT2D eigenvalue weighted by atomic mass is 10.0. The first-order valence-electron chi connectivity index (χ1n) is 7.77. The SMILES string of the molecule is CNc1cc(N2CCCc3ccccc32)nc(C2CC2)n1. The molecule has 1 N–H and O–H groups in total. The topological polar surface area (TPSA) is 41.0 Å². The third-order valence-electron chi connectivity index (χ3n) is 4.32. The van der Waals surface area contributed by atoms with E-state index in [1.165, 1.54) is 30.5 Å². The van der Waals surface area contributed by atoms with Crippen LogP contribution >= 0.6 is 0 Å². The highest BCUT2D eigenvalue weighted by Crippen LogP contribution is 2.40. The predicted molar refractivity (Wildman–Crippen MR) is 85.3 cm³/mol. The number of nitrogens with one attached hydrogen (secondary N) is 1. The first kappa shape index (κ1) is 12.6. The van der Waals surface area contributed by atoms with Crippen molar-refractivity contribution >= 4 is 17.3 Å². The molecule has 0 saturated heterocycles. The largest absolute Gasteiger partial charge is 0.373 e. The van der Waals surface area contributed by atoms with Crippen molar-refractivity contribution in [3.8, 4) is 0 Å². The van der Waals surface area contributed by atoms with Gasteiger partial charge in [0.1, 0.15) is 17.5 Å². The second-order valence-electron chi connectivity index (χ2n) is 5.88. The maximum Gasteiger partial charge on any atom is 0.138 e. The normalized spacial score (nSPS) is 17.5. The van der Waals surface area contributed by atoms with Gasteiger partial charge in [0, 0.05) is 31.3 Å². The molecule has 1 aromatic carbocycles. The molecule has 0 radical (unpaired) electrons. The number of aromatic nitrogens is 2. The van der Waals surface area contributed by atoms with E-state index in [2.05, 4.69) is 45.5 Å². The molecule has 21 heavy (non-hydrogen) atoms. The Morgan fingerprint density at radius 1 is 1.19 bits per heavy atom. The number of para-hydroxylation sites is 1. The van der Waals surface area contributed by atoms with Crippen LogP contribution in [-0.2, 0) is 6.42 Å². The summed E-state index contributed by atoms with van der Waals surface area (Å²) in [6, 6.07) is 10.7. The molecule has 2 aliphatic rings. The minimum atomic E-state index is 0.567. The zero-order valence-electron chi connectivity index (χ0n) is 12.3. The van der Waals surface area contributed by atoms with E-state index in [4.69, 9.17) is 4.98 Å². The van der Waals surface area contributed by atoms with Gasteiger partial charge in [-0.15, -0.1) is 0 Å². The molecule has 0 bridgehead atoms. The van der Waals surface area contributed by atoms with E-state index in [0.717, 1.165) is 30.4 Å². The van der Waals surface area contributed by atoms with Gasteiger partial charge in [-0.2, -0.15) is 0 Å². The fourth-order valence-electron chi connectivity index (χ4n) is 3.01. The van der Waals surface area contributed by atoms with Gasteiger partial charge < -0.3 is 10.2 Å². The van der Waals surface area contributed by atoms with Gasteiger partial charge in [-0.05, 0) is 37.3 Å². The molecule has 1 aliphatic heterocycles. The Morgan fingerprint density at radius 2 is 2.05 bits per heavy atom. The van der Waals surface area contributed by atoms with Crippen molar-refractivity contribution in [2.45, 2.75) is 31.6 Å². The molecule has 1 fully saturated rings. The lowest BCUT2D eigenvalue weighted by Crippen LogP contribution is -2.25. The molecule has 1 aromatic heterocycles. The van der Waals surface area contributed by atoms with Crippen LogP contribution in [0.15, 0.2) is 30.3 Å². The number of fused-ring (bicyclic) bond motifs is 1. The van der Waals surface area contributed by atoms with Crippen molar-refractivity contribution in [3.63, 3.8) is 0 Å². The summed E-state index contributed by atoms with van der Waals surface area (Å²) >= 11 is 0. The van der Waals surface area contributed by atoms with Crippen LogP contribution in [0.3, 0.4) is 0 Å². The van der Waals surface area contributed by atoms with Crippen LogP contribution in [-0.4, -0.2) is 23.6 Å². The lowest BCUT2D eigenvalue weighted by Gasteiger charge is -2.30. The predicted octanol–water partition coefficient (Wildman–Crippen LogP) is 3.48. The molecule has 4 nitrogen and oxygen atoms in total. The Hall–Kier alpha value is -2.10. The zero-order chi connectivity index (χ0) is 14.2. The summed E-state index contributed by atoms with van der Waals surface area (Å²) in [5.74, 6) is 3.52. The van der Waals surface area contributed by atoms with E-state index in [0.29, 0.717) is 5.92 Å². The van der Waals surface area contributed by atoms with Crippen LogP contribution in [0.4, 0.5) is 17.3 Å². The van der Waals surface area contributed by atoms with E-state index in [1.807, 2.05) is 7.05 Å². The van der Waals surface area contributed by atoms with Crippen molar-refractivity contribution in [1.82, 2.24) is 9.97 Å². The summed E-state index contributed by atoms with van der Waals surface area (Å²) in [6.07, 6.45) is 4.78. The Bertz CT molecular complexity index is 664. The summed E-state index contributed by atoms with van der Waals surface area (Å²) in [5, 5.41) is 3.18.